The van der Waals surface area contributed by atoms with Crippen molar-refractivity contribution < 1.29 is 14.0 Å². The molecule has 1 aliphatic carbocycles. The molecule has 0 unspecified atom stereocenters. The van der Waals surface area contributed by atoms with Crippen molar-refractivity contribution in [3.63, 3.8) is 0 Å². The second kappa shape index (κ2) is 6.25. The van der Waals surface area contributed by atoms with Gasteiger partial charge in [0.25, 0.3) is 11.8 Å². The normalized spacial score (nSPS) is 21.3. The van der Waals surface area contributed by atoms with E-state index in [1.807, 2.05) is 16.1 Å². The van der Waals surface area contributed by atoms with Crippen LogP contribution in [-0.4, -0.2) is 45.3 Å². The van der Waals surface area contributed by atoms with Crippen LogP contribution in [0.2, 0.25) is 0 Å². The van der Waals surface area contributed by atoms with E-state index in [1.165, 1.54) is 11.3 Å². The van der Waals surface area contributed by atoms with Gasteiger partial charge < -0.3 is 10.2 Å². The molecule has 0 aromatic carbocycles. The molecule has 2 aliphatic rings. The summed E-state index contributed by atoms with van der Waals surface area (Å²) in [5.74, 6) is -0.584. The van der Waals surface area contributed by atoms with Gasteiger partial charge in [0, 0.05) is 42.7 Å². The second-order valence-corrected chi connectivity index (χ2v) is 7.52. The third kappa shape index (κ3) is 3.30. The average Bonchev–Trinajstić information content (AvgIpc) is 3.01. The third-order valence-electron chi connectivity index (χ3n) is 4.76. The molecule has 132 valence electrons. The first-order valence-corrected chi connectivity index (χ1v) is 9.29. The summed E-state index contributed by atoms with van der Waals surface area (Å²) in [6, 6.07) is 3.62. The van der Waals surface area contributed by atoms with Crippen LogP contribution in [0.3, 0.4) is 0 Å². The monoisotopic (exact) mass is 362 g/mol. The van der Waals surface area contributed by atoms with Crippen molar-refractivity contribution in [3.8, 4) is 0 Å². The molecule has 4 rings (SSSR count). The Hall–Kier alpha value is -2.22. The van der Waals surface area contributed by atoms with Crippen LogP contribution in [0.25, 0.3) is 0 Å². The van der Waals surface area contributed by atoms with E-state index in [2.05, 4.69) is 10.4 Å². The predicted molar refractivity (Wildman–Crippen MR) is 90.9 cm³/mol. The van der Waals surface area contributed by atoms with Gasteiger partial charge in [0.1, 0.15) is 0 Å². The van der Waals surface area contributed by atoms with Gasteiger partial charge in [-0.1, -0.05) is 0 Å². The maximum atomic E-state index is 14.3. The summed E-state index contributed by atoms with van der Waals surface area (Å²) in [5, 5.41) is 10.9. The van der Waals surface area contributed by atoms with Crippen molar-refractivity contribution in [1.82, 2.24) is 20.0 Å². The molecule has 8 heteroatoms. The third-order valence-corrected chi connectivity index (χ3v) is 5.44. The van der Waals surface area contributed by atoms with Crippen LogP contribution in [0.15, 0.2) is 29.1 Å². The molecule has 0 radical (unpaired) electrons. The van der Waals surface area contributed by atoms with Gasteiger partial charge in [-0.2, -0.15) is 16.4 Å². The van der Waals surface area contributed by atoms with Crippen molar-refractivity contribution in [1.29, 1.82) is 0 Å². The maximum absolute atomic E-state index is 14.3. The number of amides is 2. The van der Waals surface area contributed by atoms with Crippen LogP contribution in [0.1, 0.15) is 28.9 Å². The summed E-state index contributed by atoms with van der Waals surface area (Å²) < 4.78 is 16.1. The molecule has 0 spiro atoms. The summed E-state index contributed by atoms with van der Waals surface area (Å²) in [6.07, 6.45) is 2.30. The minimum absolute atomic E-state index is 0.0185. The topological polar surface area (TPSA) is 67.2 Å². The lowest BCUT2D eigenvalue weighted by atomic mass is 10.1. The number of fused-ring (bicyclic) bond motifs is 1. The maximum Gasteiger partial charge on any atom is 0.260 e. The summed E-state index contributed by atoms with van der Waals surface area (Å²) in [7, 11) is 0. The van der Waals surface area contributed by atoms with Crippen molar-refractivity contribution in [2.75, 3.05) is 13.1 Å². The highest BCUT2D eigenvalue weighted by molar-refractivity contribution is 7.08. The van der Waals surface area contributed by atoms with Gasteiger partial charge >= 0.3 is 0 Å². The number of hydrogen-bond acceptors (Lipinski definition) is 4. The molecule has 0 saturated heterocycles. The van der Waals surface area contributed by atoms with E-state index >= 15 is 0 Å². The predicted octanol–water partition coefficient (Wildman–Crippen LogP) is 1.84. The van der Waals surface area contributed by atoms with Crippen molar-refractivity contribution >= 4 is 23.2 Å². The minimum Gasteiger partial charge on any atom is -0.352 e. The van der Waals surface area contributed by atoms with Crippen LogP contribution in [0.4, 0.5) is 4.39 Å². The Morgan fingerprint density at radius 1 is 1.36 bits per heavy atom. The lowest BCUT2D eigenvalue weighted by molar-refractivity contribution is -0.139. The highest BCUT2D eigenvalue weighted by Crippen LogP contribution is 2.42. The lowest BCUT2D eigenvalue weighted by Gasteiger charge is -2.25. The molecule has 2 amide bonds. The number of nitrogens with zero attached hydrogens (tertiary/aromatic N) is 3. The van der Waals surface area contributed by atoms with Gasteiger partial charge in [0.15, 0.2) is 5.67 Å². The minimum atomic E-state index is -1.68. The fourth-order valence-corrected chi connectivity index (χ4v) is 3.79. The molecule has 1 fully saturated rings. The molecule has 1 atom stereocenters. The highest BCUT2D eigenvalue weighted by atomic mass is 32.1. The number of rotatable bonds is 4. The fourth-order valence-electron chi connectivity index (χ4n) is 3.16. The van der Waals surface area contributed by atoms with Crippen LogP contribution < -0.4 is 5.32 Å². The average molecular weight is 362 g/mol. The van der Waals surface area contributed by atoms with E-state index < -0.39 is 11.6 Å². The van der Waals surface area contributed by atoms with Gasteiger partial charge in [-0.25, -0.2) is 4.39 Å². The summed E-state index contributed by atoms with van der Waals surface area (Å²) >= 11 is 1.47. The Labute approximate surface area is 148 Å². The Morgan fingerprint density at radius 2 is 2.20 bits per heavy atom. The first-order valence-electron chi connectivity index (χ1n) is 8.34. The Morgan fingerprint density at radius 3 is 2.92 bits per heavy atom. The van der Waals surface area contributed by atoms with E-state index in [4.69, 9.17) is 0 Å². The van der Waals surface area contributed by atoms with Crippen LogP contribution in [0, 0.1) is 5.92 Å². The van der Waals surface area contributed by atoms with Crippen molar-refractivity contribution in [2.45, 2.75) is 31.6 Å². The molecule has 1 saturated carbocycles. The van der Waals surface area contributed by atoms with E-state index in [0.717, 1.165) is 5.69 Å². The summed E-state index contributed by atoms with van der Waals surface area (Å²) in [5.41, 5.74) is -0.157. The second-order valence-electron chi connectivity index (χ2n) is 6.74. The van der Waals surface area contributed by atoms with E-state index in [9.17, 15) is 14.0 Å². The van der Waals surface area contributed by atoms with Crippen LogP contribution in [-0.2, 0) is 17.9 Å². The molecule has 0 bridgehead atoms. The van der Waals surface area contributed by atoms with E-state index in [-0.39, 0.29) is 11.8 Å². The van der Waals surface area contributed by atoms with Gasteiger partial charge in [0.05, 0.1) is 12.2 Å². The van der Waals surface area contributed by atoms with E-state index in [0.29, 0.717) is 44.6 Å². The highest BCUT2D eigenvalue weighted by Gasteiger charge is 2.53. The molecule has 1 aliphatic heterocycles. The Kier molecular flexibility index (Phi) is 4.07. The number of nitrogens with one attached hydrogen (secondary N) is 1. The van der Waals surface area contributed by atoms with Gasteiger partial charge in [-0.3, -0.25) is 14.3 Å². The quantitative estimate of drug-likeness (QED) is 0.902. The molecule has 25 heavy (non-hydrogen) atoms. The SMILES string of the molecule is O=C(NC[C@H]1CN(C(=O)C2(F)CC2)Cc2ccnn2C1)c1ccsc1. The molecule has 3 heterocycles. The van der Waals surface area contributed by atoms with Gasteiger partial charge in [-0.05, 0) is 30.4 Å². The number of hydrogen-bond donors (Lipinski definition) is 1. The number of halogens is 1. The molecular weight excluding hydrogens is 343 g/mol. The van der Waals surface area contributed by atoms with Crippen LogP contribution in [0.5, 0.6) is 0 Å². The molecular formula is C17H19FN4O2S. The molecule has 6 nitrogen and oxygen atoms in total. The lowest BCUT2D eigenvalue weighted by Crippen LogP contribution is -2.42. The zero-order valence-electron chi connectivity index (χ0n) is 13.7. The summed E-state index contributed by atoms with van der Waals surface area (Å²) in [4.78, 5) is 26.2. The summed E-state index contributed by atoms with van der Waals surface area (Å²) in [6.45, 7) is 1.78. The van der Waals surface area contributed by atoms with Crippen molar-refractivity contribution in [3.05, 3.63) is 40.3 Å². The van der Waals surface area contributed by atoms with Crippen molar-refractivity contribution in [2.24, 2.45) is 5.92 Å². The first kappa shape index (κ1) is 16.3. The largest absolute Gasteiger partial charge is 0.352 e. The first-order chi connectivity index (χ1) is 12.0. The van der Waals surface area contributed by atoms with Gasteiger partial charge in [0.2, 0.25) is 0 Å². The number of alkyl halides is 1. The fraction of sp³-hybridized carbons (Fsp3) is 0.471. The number of carbonyl (C=O) groups is 2. The van der Waals surface area contributed by atoms with Gasteiger partial charge in [-0.15, -0.1) is 0 Å². The number of aromatic nitrogens is 2. The zero-order chi connectivity index (χ0) is 17.4. The Balaban J connectivity index is 1.47. The zero-order valence-corrected chi connectivity index (χ0v) is 14.5. The molecule has 2 aromatic heterocycles. The Bertz CT molecular complexity index is 784. The van der Waals surface area contributed by atoms with E-state index in [1.54, 1.807) is 22.5 Å². The number of thiophene rings is 1. The number of carbonyl (C=O) groups excluding carboxylic acids is 2. The van der Waals surface area contributed by atoms with Crippen LogP contribution >= 0.6 is 11.3 Å². The molecule has 1 N–H and O–H groups in total. The molecule has 2 aromatic rings. The smallest absolute Gasteiger partial charge is 0.260 e. The standard InChI is InChI=1S/C17H19FN4O2S/c18-17(3-4-17)16(24)21-8-12(9-22-14(10-21)1-5-20-22)7-19-15(23)13-2-6-25-11-13/h1-2,5-6,11-12H,3-4,7-10H2,(H,19,23)/t12-/m0/s1.